The Bertz CT molecular complexity index is 1320. The van der Waals surface area contributed by atoms with Crippen molar-refractivity contribution in [3.63, 3.8) is 0 Å². The average molecular weight is 509 g/mol. The quantitative estimate of drug-likeness (QED) is 0.479. The van der Waals surface area contributed by atoms with Gasteiger partial charge in [0.25, 0.3) is 5.91 Å². The van der Waals surface area contributed by atoms with Gasteiger partial charge >= 0.3 is 12.4 Å². The van der Waals surface area contributed by atoms with Crippen LogP contribution in [0.2, 0.25) is 0 Å². The second-order valence-corrected chi connectivity index (χ2v) is 7.80. The van der Waals surface area contributed by atoms with Crippen LogP contribution < -0.4 is 10.2 Å². The summed E-state index contributed by atoms with van der Waals surface area (Å²) in [6.45, 7) is 1.00. The fraction of sp³-hybridized carbons (Fsp3) is 0.261. The zero-order valence-corrected chi connectivity index (χ0v) is 18.3. The molecule has 2 aromatic carbocycles. The van der Waals surface area contributed by atoms with E-state index in [4.69, 9.17) is 10.00 Å². The number of rotatable bonds is 4. The summed E-state index contributed by atoms with van der Waals surface area (Å²) in [5.74, 6) is -1.14. The molecule has 0 unspecified atom stereocenters. The van der Waals surface area contributed by atoms with Crippen molar-refractivity contribution in [2.45, 2.75) is 12.4 Å². The lowest BCUT2D eigenvalue weighted by Gasteiger charge is -2.31. The molecule has 1 fully saturated rings. The zero-order chi connectivity index (χ0) is 26.1. The molecule has 0 spiro atoms. The number of aromatic amines is 1. The van der Waals surface area contributed by atoms with E-state index in [2.05, 4.69) is 10.4 Å². The van der Waals surface area contributed by atoms with Gasteiger partial charge in [0, 0.05) is 30.0 Å². The number of hydrogen-bond acceptors (Lipinski definition) is 5. The van der Waals surface area contributed by atoms with Crippen molar-refractivity contribution < 1.29 is 35.9 Å². The van der Waals surface area contributed by atoms with Crippen LogP contribution in [-0.4, -0.2) is 42.4 Å². The summed E-state index contributed by atoms with van der Waals surface area (Å²) < 4.78 is 87.4. The van der Waals surface area contributed by atoms with Crippen molar-refractivity contribution >= 4 is 17.3 Å². The van der Waals surface area contributed by atoms with E-state index in [1.165, 1.54) is 35.2 Å². The number of carbonyl (C=O) groups is 1. The number of morpholine rings is 1. The molecule has 0 saturated carbocycles. The van der Waals surface area contributed by atoms with Gasteiger partial charge < -0.3 is 15.0 Å². The number of H-pyrrole nitrogens is 1. The highest BCUT2D eigenvalue weighted by molar-refractivity contribution is 6.08. The van der Waals surface area contributed by atoms with E-state index in [0.29, 0.717) is 0 Å². The van der Waals surface area contributed by atoms with E-state index in [1.807, 2.05) is 5.10 Å². The molecule has 0 bridgehead atoms. The normalized spacial score (nSPS) is 14.4. The molecule has 2 heterocycles. The summed E-state index contributed by atoms with van der Waals surface area (Å²) in [5.41, 5.74) is -4.10. The third kappa shape index (κ3) is 5.13. The summed E-state index contributed by atoms with van der Waals surface area (Å²) in [6, 6.07) is 10.1. The summed E-state index contributed by atoms with van der Waals surface area (Å²) >= 11 is 0. The van der Waals surface area contributed by atoms with Crippen molar-refractivity contribution in [2.24, 2.45) is 0 Å². The highest BCUT2D eigenvalue weighted by Gasteiger charge is 2.40. The molecule has 7 nitrogen and oxygen atoms in total. The van der Waals surface area contributed by atoms with Gasteiger partial charge in [-0.2, -0.15) is 36.7 Å². The Kier molecular flexibility index (Phi) is 6.64. The van der Waals surface area contributed by atoms with Crippen LogP contribution in [0.25, 0.3) is 11.1 Å². The summed E-state index contributed by atoms with van der Waals surface area (Å²) in [7, 11) is 0. The first-order chi connectivity index (χ1) is 17.0. The van der Waals surface area contributed by atoms with Crippen molar-refractivity contribution in [3.8, 4) is 17.2 Å². The van der Waals surface area contributed by atoms with Gasteiger partial charge in [-0.15, -0.1) is 0 Å². The molecule has 13 heteroatoms. The molecule has 1 aromatic heterocycles. The van der Waals surface area contributed by atoms with Gasteiger partial charge in [-0.3, -0.25) is 9.89 Å². The number of amides is 1. The number of anilines is 2. The Labute approximate surface area is 200 Å². The second-order valence-electron chi connectivity index (χ2n) is 7.80. The molecule has 1 amide bonds. The molecule has 2 N–H and O–H groups in total. The number of nitrogens with one attached hydrogen (secondary N) is 2. The van der Waals surface area contributed by atoms with Crippen LogP contribution in [0.15, 0.2) is 42.5 Å². The highest BCUT2D eigenvalue weighted by atomic mass is 19.4. The van der Waals surface area contributed by atoms with E-state index in [-0.39, 0.29) is 48.8 Å². The maximum Gasteiger partial charge on any atom is 0.435 e. The standard InChI is InChI=1S/C23H17F6N5O2/c24-22(25,26)16-11-15(4-5-17(16)34-6-8-36-9-7-34)31-21(35)19-18(20(33-32-19)23(27,28)29)14-3-1-2-13(10-14)12-30/h1-5,10-11H,6-9H2,(H,31,35)(H,32,33). The van der Waals surface area contributed by atoms with Gasteiger partial charge in [0.2, 0.25) is 0 Å². The topological polar surface area (TPSA) is 94.0 Å². The van der Waals surface area contributed by atoms with Gasteiger partial charge in [-0.1, -0.05) is 12.1 Å². The number of nitriles is 1. The minimum absolute atomic E-state index is 0.0432. The number of carbonyl (C=O) groups excluding carboxylic acids is 1. The number of nitrogens with zero attached hydrogens (tertiary/aromatic N) is 3. The first kappa shape index (κ1) is 25.1. The third-order valence-electron chi connectivity index (χ3n) is 5.45. The Hall–Kier alpha value is -4.05. The lowest BCUT2D eigenvalue weighted by Crippen LogP contribution is -2.37. The van der Waals surface area contributed by atoms with Crippen LogP contribution in [0.1, 0.15) is 27.3 Å². The Balaban J connectivity index is 1.72. The van der Waals surface area contributed by atoms with Crippen molar-refractivity contribution in [1.82, 2.24) is 10.2 Å². The molecular formula is C23H17F6N5O2. The van der Waals surface area contributed by atoms with E-state index in [0.717, 1.165) is 12.1 Å². The first-order valence-electron chi connectivity index (χ1n) is 10.5. The maximum atomic E-state index is 13.8. The average Bonchev–Trinajstić information content (AvgIpc) is 3.30. The fourth-order valence-electron chi connectivity index (χ4n) is 3.85. The van der Waals surface area contributed by atoms with E-state index in [9.17, 15) is 31.1 Å². The lowest BCUT2D eigenvalue weighted by molar-refractivity contribution is -0.140. The molecule has 0 atom stereocenters. The number of halogens is 6. The number of ether oxygens (including phenoxy) is 1. The molecule has 3 aromatic rings. The predicted octanol–water partition coefficient (Wildman–Crippen LogP) is 5.07. The van der Waals surface area contributed by atoms with Crippen molar-refractivity contribution in [3.05, 3.63) is 65.0 Å². The monoisotopic (exact) mass is 509 g/mol. The molecule has 0 radical (unpaired) electrons. The van der Waals surface area contributed by atoms with Crippen LogP contribution in [0.3, 0.4) is 0 Å². The third-order valence-corrected chi connectivity index (χ3v) is 5.45. The maximum absolute atomic E-state index is 13.8. The molecule has 1 aliphatic rings. The zero-order valence-electron chi connectivity index (χ0n) is 18.3. The van der Waals surface area contributed by atoms with Crippen LogP contribution in [-0.2, 0) is 17.1 Å². The molecule has 0 aliphatic carbocycles. The number of aromatic nitrogens is 2. The van der Waals surface area contributed by atoms with E-state index < -0.39 is 40.8 Å². The molecule has 188 valence electrons. The van der Waals surface area contributed by atoms with Gasteiger partial charge in [0.15, 0.2) is 5.69 Å². The minimum atomic E-state index is -4.95. The summed E-state index contributed by atoms with van der Waals surface area (Å²) in [5, 5.41) is 16.6. The van der Waals surface area contributed by atoms with Gasteiger partial charge in [-0.05, 0) is 35.9 Å². The molecule has 36 heavy (non-hydrogen) atoms. The summed E-state index contributed by atoms with van der Waals surface area (Å²) in [4.78, 5) is 14.4. The smallest absolute Gasteiger partial charge is 0.378 e. The van der Waals surface area contributed by atoms with Crippen molar-refractivity contribution in [1.29, 1.82) is 5.26 Å². The van der Waals surface area contributed by atoms with Gasteiger partial charge in [0.05, 0.1) is 30.4 Å². The SMILES string of the molecule is N#Cc1cccc(-c2c(C(F)(F)F)n[nH]c2C(=O)Nc2ccc(N3CCOCC3)c(C(F)(F)F)c2)c1. The van der Waals surface area contributed by atoms with E-state index >= 15 is 0 Å². The molecule has 1 saturated heterocycles. The van der Waals surface area contributed by atoms with E-state index in [1.54, 1.807) is 6.07 Å². The highest BCUT2D eigenvalue weighted by Crippen LogP contribution is 2.40. The van der Waals surface area contributed by atoms with Gasteiger partial charge in [-0.25, -0.2) is 0 Å². The Morgan fingerprint density at radius 3 is 2.42 bits per heavy atom. The second kappa shape index (κ2) is 9.54. The number of benzene rings is 2. The molecule has 4 rings (SSSR count). The van der Waals surface area contributed by atoms with Crippen molar-refractivity contribution in [2.75, 3.05) is 36.5 Å². The van der Waals surface area contributed by atoms with Gasteiger partial charge in [0.1, 0.15) is 5.69 Å². The Morgan fingerprint density at radius 2 is 1.78 bits per heavy atom. The van der Waals surface area contributed by atoms with Crippen LogP contribution >= 0.6 is 0 Å². The minimum Gasteiger partial charge on any atom is -0.378 e. The largest absolute Gasteiger partial charge is 0.435 e. The van der Waals surface area contributed by atoms with Crippen LogP contribution in [0.5, 0.6) is 0 Å². The predicted molar refractivity (Wildman–Crippen MR) is 116 cm³/mol. The van der Waals surface area contributed by atoms with Crippen LogP contribution in [0, 0.1) is 11.3 Å². The number of alkyl halides is 6. The molecule has 1 aliphatic heterocycles. The number of hydrogen-bond donors (Lipinski definition) is 2. The fourth-order valence-corrected chi connectivity index (χ4v) is 3.85. The molecular weight excluding hydrogens is 492 g/mol. The lowest BCUT2D eigenvalue weighted by atomic mass is 10.00. The first-order valence-corrected chi connectivity index (χ1v) is 10.5. The Morgan fingerprint density at radius 1 is 1.06 bits per heavy atom. The summed E-state index contributed by atoms with van der Waals surface area (Å²) in [6.07, 6.45) is -9.70. The van der Waals surface area contributed by atoms with Crippen LogP contribution in [0.4, 0.5) is 37.7 Å².